The zero-order chi connectivity index (χ0) is 19.8. The van der Waals surface area contributed by atoms with Crippen LogP contribution in [0.2, 0.25) is 5.02 Å². The fraction of sp³-hybridized carbons (Fsp3) is 0.524. The van der Waals surface area contributed by atoms with Crippen LogP contribution in [0.3, 0.4) is 0 Å². The zero-order valence-corrected chi connectivity index (χ0v) is 17.4. The van der Waals surface area contributed by atoms with Gasteiger partial charge in [0.15, 0.2) is 0 Å². The van der Waals surface area contributed by atoms with E-state index in [-0.39, 0.29) is 0 Å². The molecule has 0 spiro atoms. The van der Waals surface area contributed by atoms with Crippen LogP contribution in [0.1, 0.15) is 54.2 Å². The second kappa shape index (κ2) is 7.56. The smallest absolute Gasteiger partial charge is 0.147 e. The number of likely N-dealkylation sites (N-methyl/N-ethyl adjacent to an activating group) is 1. The van der Waals surface area contributed by atoms with Crippen molar-refractivity contribution in [3.8, 4) is 6.07 Å². The fourth-order valence-corrected chi connectivity index (χ4v) is 4.06. The van der Waals surface area contributed by atoms with Crippen molar-refractivity contribution in [3.05, 3.63) is 39.9 Å². The van der Waals surface area contributed by atoms with Gasteiger partial charge in [0, 0.05) is 38.3 Å². The maximum Gasteiger partial charge on any atom is 0.147 e. The molecule has 146 valence electrons. The molecule has 2 aliphatic rings. The van der Waals surface area contributed by atoms with E-state index >= 15 is 0 Å². The van der Waals surface area contributed by atoms with Crippen LogP contribution in [0.15, 0.2) is 12.3 Å². The molecule has 1 saturated heterocycles. The number of pyridine rings is 1. The van der Waals surface area contributed by atoms with Crippen LogP contribution in [-0.4, -0.2) is 41.1 Å². The molecule has 0 radical (unpaired) electrons. The van der Waals surface area contributed by atoms with Gasteiger partial charge in [0.1, 0.15) is 23.5 Å². The number of piperidine rings is 1. The van der Waals surface area contributed by atoms with Crippen molar-refractivity contribution in [3.63, 3.8) is 0 Å². The molecule has 28 heavy (non-hydrogen) atoms. The molecule has 7 heteroatoms. The zero-order valence-electron chi connectivity index (χ0n) is 16.6. The van der Waals surface area contributed by atoms with Crippen molar-refractivity contribution in [2.45, 2.75) is 51.5 Å². The molecule has 0 aromatic carbocycles. The maximum atomic E-state index is 9.68. The van der Waals surface area contributed by atoms with Crippen LogP contribution in [0.25, 0.3) is 0 Å². The van der Waals surface area contributed by atoms with E-state index in [1.807, 2.05) is 26.1 Å². The molecule has 3 heterocycles. The van der Waals surface area contributed by atoms with Gasteiger partial charge in [0.25, 0.3) is 0 Å². The molecule has 1 atom stereocenters. The van der Waals surface area contributed by atoms with E-state index in [4.69, 9.17) is 16.6 Å². The van der Waals surface area contributed by atoms with Gasteiger partial charge < -0.3 is 9.80 Å². The van der Waals surface area contributed by atoms with E-state index in [1.54, 1.807) is 0 Å². The van der Waals surface area contributed by atoms with E-state index in [2.05, 4.69) is 32.9 Å². The highest BCUT2D eigenvalue weighted by atomic mass is 35.5. The lowest BCUT2D eigenvalue weighted by atomic mass is 10.0. The van der Waals surface area contributed by atoms with Gasteiger partial charge in [0.2, 0.25) is 0 Å². The van der Waals surface area contributed by atoms with Crippen LogP contribution in [-0.2, 0) is 0 Å². The Bertz CT molecular complexity index is 933. The number of halogens is 1. The lowest BCUT2D eigenvalue weighted by Gasteiger charge is -2.39. The Morgan fingerprint density at radius 1 is 1.25 bits per heavy atom. The molecule has 0 N–H and O–H groups in total. The fourth-order valence-electron chi connectivity index (χ4n) is 3.92. The van der Waals surface area contributed by atoms with Crippen LogP contribution >= 0.6 is 11.6 Å². The number of aryl methyl sites for hydroxylation is 1. The Labute approximate surface area is 171 Å². The predicted octanol–water partition coefficient (Wildman–Crippen LogP) is 4.00. The van der Waals surface area contributed by atoms with Crippen LogP contribution in [0.4, 0.5) is 11.6 Å². The Balaban J connectivity index is 1.58. The summed E-state index contributed by atoms with van der Waals surface area (Å²) < 4.78 is 0. The van der Waals surface area contributed by atoms with E-state index < -0.39 is 0 Å². The van der Waals surface area contributed by atoms with Crippen LogP contribution in [0, 0.1) is 25.2 Å². The molecule has 0 amide bonds. The van der Waals surface area contributed by atoms with Crippen molar-refractivity contribution in [1.82, 2.24) is 15.0 Å². The maximum absolute atomic E-state index is 9.68. The molecule has 1 saturated carbocycles. The standard InChI is InChI=1S/C21H25ClN6/c1-13-17(11-23)21(25-14(2)19(13)22)28-10-4-5-16(12-28)27(3)18-8-9-24-20(26-18)15-6-7-15/h8-9,15-16H,4-7,10,12H2,1-3H3. The second-order valence-corrected chi connectivity index (χ2v) is 8.22. The summed E-state index contributed by atoms with van der Waals surface area (Å²) in [7, 11) is 2.10. The van der Waals surface area contributed by atoms with Gasteiger partial charge in [-0.3, -0.25) is 0 Å². The largest absolute Gasteiger partial charge is 0.355 e. The normalized spacial score (nSPS) is 19.4. The average molecular weight is 397 g/mol. The third kappa shape index (κ3) is 3.51. The third-order valence-electron chi connectivity index (χ3n) is 5.84. The monoisotopic (exact) mass is 396 g/mol. The molecule has 1 aliphatic heterocycles. The van der Waals surface area contributed by atoms with Crippen molar-refractivity contribution in [1.29, 1.82) is 5.26 Å². The SMILES string of the molecule is Cc1nc(N2CCCC(N(C)c3ccnc(C4CC4)n3)C2)c(C#N)c(C)c1Cl. The van der Waals surface area contributed by atoms with E-state index in [0.717, 1.165) is 54.6 Å². The molecule has 1 aliphatic carbocycles. The van der Waals surface area contributed by atoms with Crippen molar-refractivity contribution >= 4 is 23.2 Å². The van der Waals surface area contributed by atoms with E-state index in [9.17, 15) is 5.26 Å². The third-order valence-corrected chi connectivity index (χ3v) is 6.40. The van der Waals surface area contributed by atoms with Gasteiger partial charge in [-0.2, -0.15) is 5.26 Å². The predicted molar refractivity (Wildman–Crippen MR) is 111 cm³/mol. The topological polar surface area (TPSA) is 68.9 Å². The molecular weight excluding hydrogens is 372 g/mol. The van der Waals surface area contributed by atoms with Crippen LogP contribution in [0.5, 0.6) is 0 Å². The molecule has 2 aromatic heterocycles. The number of hydrogen-bond acceptors (Lipinski definition) is 6. The highest BCUT2D eigenvalue weighted by molar-refractivity contribution is 6.32. The lowest BCUT2D eigenvalue weighted by molar-refractivity contribution is 0.482. The highest BCUT2D eigenvalue weighted by Crippen LogP contribution is 2.38. The first-order valence-electron chi connectivity index (χ1n) is 9.87. The van der Waals surface area contributed by atoms with Crippen molar-refractivity contribution in [2.75, 3.05) is 29.9 Å². The Hall–Kier alpha value is -2.39. The minimum atomic E-state index is 0.306. The van der Waals surface area contributed by atoms with Crippen LogP contribution < -0.4 is 9.80 Å². The number of rotatable bonds is 4. The van der Waals surface area contributed by atoms with Gasteiger partial charge in [-0.25, -0.2) is 15.0 Å². The summed E-state index contributed by atoms with van der Waals surface area (Å²) in [6.07, 6.45) is 6.39. The number of hydrogen-bond donors (Lipinski definition) is 0. The first-order chi connectivity index (χ1) is 13.5. The highest BCUT2D eigenvalue weighted by Gasteiger charge is 2.30. The molecule has 6 nitrogen and oxygen atoms in total. The lowest BCUT2D eigenvalue weighted by Crippen LogP contribution is -2.47. The van der Waals surface area contributed by atoms with Crippen molar-refractivity contribution < 1.29 is 0 Å². The van der Waals surface area contributed by atoms with Gasteiger partial charge in [-0.1, -0.05) is 11.6 Å². The molecule has 4 rings (SSSR count). The Kier molecular flexibility index (Phi) is 5.11. The van der Waals surface area contributed by atoms with E-state index in [1.165, 1.54) is 12.8 Å². The minimum absolute atomic E-state index is 0.306. The summed E-state index contributed by atoms with van der Waals surface area (Å²) in [5.74, 6) is 3.23. The molecule has 2 aromatic rings. The number of aromatic nitrogens is 3. The second-order valence-electron chi connectivity index (χ2n) is 7.85. The van der Waals surface area contributed by atoms with E-state index in [0.29, 0.717) is 22.5 Å². The summed E-state index contributed by atoms with van der Waals surface area (Å²) in [6, 6.07) is 4.60. The molecular formula is C21H25ClN6. The number of nitriles is 1. The summed E-state index contributed by atoms with van der Waals surface area (Å²) in [5, 5.41) is 10.3. The minimum Gasteiger partial charge on any atom is -0.355 e. The number of anilines is 2. The van der Waals surface area contributed by atoms with Gasteiger partial charge >= 0.3 is 0 Å². The average Bonchev–Trinajstić information content (AvgIpc) is 3.57. The first-order valence-corrected chi connectivity index (χ1v) is 10.2. The number of nitrogens with zero attached hydrogens (tertiary/aromatic N) is 6. The van der Waals surface area contributed by atoms with Gasteiger partial charge in [-0.05, 0) is 51.2 Å². The van der Waals surface area contributed by atoms with Crippen molar-refractivity contribution in [2.24, 2.45) is 0 Å². The van der Waals surface area contributed by atoms with Gasteiger partial charge in [-0.15, -0.1) is 0 Å². The molecule has 2 fully saturated rings. The first kappa shape index (κ1) is 18.9. The molecule has 1 unspecified atom stereocenters. The Morgan fingerprint density at radius 3 is 2.75 bits per heavy atom. The molecule has 0 bridgehead atoms. The Morgan fingerprint density at radius 2 is 2.04 bits per heavy atom. The van der Waals surface area contributed by atoms with Gasteiger partial charge in [0.05, 0.1) is 16.3 Å². The summed E-state index contributed by atoms with van der Waals surface area (Å²) in [6.45, 7) is 5.49. The summed E-state index contributed by atoms with van der Waals surface area (Å²) in [4.78, 5) is 18.4. The summed E-state index contributed by atoms with van der Waals surface area (Å²) in [5.41, 5.74) is 2.16. The quantitative estimate of drug-likeness (QED) is 0.778. The summed E-state index contributed by atoms with van der Waals surface area (Å²) >= 11 is 6.32.